The number of nitrogens with one attached hydrogen (secondary N) is 1. The summed E-state index contributed by atoms with van der Waals surface area (Å²) in [6.07, 6.45) is 0. The molecule has 0 unspecified atom stereocenters. The highest BCUT2D eigenvalue weighted by molar-refractivity contribution is 6.26. The van der Waals surface area contributed by atoms with Gasteiger partial charge < -0.3 is 10.2 Å². The normalized spacial score (nSPS) is 12.3. The molecule has 3 aromatic rings. The number of ketones is 1. The Bertz CT molecular complexity index is 1040. The SMILES string of the molecule is CN(C)CCNC(=O)c1ccc2nnc3c(c2c1)C(=O)c1ccccc1-3. The van der Waals surface area contributed by atoms with Crippen LogP contribution >= 0.6 is 0 Å². The molecule has 0 saturated carbocycles. The second kappa shape index (κ2) is 6.31. The lowest BCUT2D eigenvalue weighted by Crippen LogP contribution is -2.31. The van der Waals surface area contributed by atoms with Crippen LogP contribution in [0.4, 0.5) is 0 Å². The van der Waals surface area contributed by atoms with Crippen LogP contribution in [-0.4, -0.2) is 54.0 Å². The molecule has 0 saturated heterocycles. The minimum absolute atomic E-state index is 0.0688. The van der Waals surface area contributed by atoms with Gasteiger partial charge in [0.2, 0.25) is 0 Å². The summed E-state index contributed by atoms with van der Waals surface area (Å²) in [7, 11) is 3.90. The topological polar surface area (TPSA) is 75.2 Å². The molecular weight excluding hydrogens is 328 g/mol. The fourth-order valence-electron chi connectivity index (χ4n) is 3.18. The first kappa shape index (κ1) is 16.4. The number of aromatic nitrogens is 2. The average Bonchev–Trinajstić information content (AvgIpc) is 2.94. The summed E-state index contributed by atoms with van der Waals surface area (Å²) in [5, 5.41) is 12.0. The van der Waals surface area contributed by atoms with Crippen LogP contribution < -0.4 is 5.32 Å². The van der Waals surface area contributed by atoms with Gasteiger partial charge in [0.25, 0.3) is 5.91 Å². The summed E-state index contributed by atoms with van der Waals surface area (Å²) >= 11 is 0. The van der Waals surface area contributed by atoms with Crippen molar-refractivity contribution < 1.29 is 9.59 Å². The maximum atomic E-state index is 12.9. The minimum Gasteiger partial charge on any atom is -0.351 e. The summed E-state index contributed by atoms with van der Waals surface area (Å²) < 4.78 is 0. The number of fused-ring (bicyclic) bond motifs is 5. The Kier molecular flexibility index (Phi) is 3.97. The van der Waals surface area contributed by atoms with Gasteiger partial charge in [-0.15, -0.1) is 10.2 Å². The summed E-state index contributed by atoms with van der Waals surface area (Å²) in [6.45, 7) is 1.31. The monoisotopic (exact) mass is 346 g/mol. The zero-order valence-corrected chi connectivity index (χ0v) is 14.6. The van der Waals surface area contributed by atoms with Gasteiger partial charge in [0.15, 0.2) is 5.78 Å². The van der Waals surface area contributed by atoms with E-state index in [4.69, 9.17) is 0 Å². The van der Waals surface area contributed by atoms with E-state index >= 15 is 0 Å². The molecule has 0 spiro atoms. The van der Waals surface area contributed by atoms with Crippen molar-refractivity contribution in [1.82, 2.24) is 20.4 Å². The molecule has 0 fully saturated rings. The first-order valence-corrected chi connectivity index (χ1v) is 8.44. The quantitative estimate of drug-likeness (QED) is 0.613. The molecule has 0 radical (unpaired) electrons. The smallest absolute Gasteiger partial charge is 0.251 e. The molecule has 4 rings (SSSR count). The van der Waals surface area contributed by atoms with Crippen LogP contribution in [0.1, 0.15) is 26.3 Å². The highest BCUT2D eigenvalue weighted by Crippen LogP contribution is 2.37. The van der Waals surface area contributed by atoms with E-state index in [0.717, 1.165) is 12.1 Å². The summed E-state index contributed by atoms with van der Waals surface area (Å²) in [5.74, 6) is -0.233. The number of carbonyl (C=O) groups is 2. The first-order valence-electron chi connectivity index (χ1n) is 8.44. The Balaban J connectivity index is 1.75. The molecule has 1 aliphatic rings. The van der Waals surface area contributed by atoms with Gasteiger partial charge in [-0.05, 0) is 32.3 Å². The molecule has 26 heavy (non-hydrogen) atoms. The fraction of sp³-hybridized carbons (Fsp3) is 0.200. The second-order valence-electron chi connectivity index (χ2n) is 6.59. The van der Waals surface area contributed by atoms with Crippen LogP contribution in [0.3, 0.4) is 0 Å². The fourth-order valence-corrected chi connectivity index (χ4v) is 3.18. The molecule has 2 aromatic carbocycles. The third-order valence-corrected chi connectivity index (χ3v) is 4.52. The van der Waals surface area contributed by atoms with Crippen molar-refractivity contribution in [3.05, 3.63) is 59.2 Å². The van der Waals surface area contributed by atoms with Crippen LogP contribution in [0.25, 0.3) is 22.2 Å². The van der Waals surface area contributed by atoms with E-state index < -0.39 is 0 Å². The van der Waals surface area contributed by atoms with Gasteiger partial charge in [-0.1, -0.05) is 24.3 Å². The summed E-state index contributed by atoms with van der Waals surface area (Å²) in [4.78, 5) is 27.3. The average molecular weight is 346 g/mol. The van der Waals surface area contributed by atoms with Crippen molar-refractivity contribution in [2.24, 2.45) is 0 Å². The lowest BCUT2D eigenvalue weighted by Gasteiger charge is -2.11. The Hall–Kier alpha value is -3.12. The number of hydrogen-bond donors (Lipinski definition) is 1. The Labute approximate surface area is 150 Å². The van der Waals surface area contributed by atoms with Crippen LogP contribution in [0.15, 0.2) is 42.5 Å². The minimum atomic E-state index is -0.165. The molecule has 1 aliphatic carbocycles. The van der Waals surface area contributed by atoms with Crippen LogP contribution in [0, 0.1) is 0 Å². The van der Waals surface area contributed by atoms with E-state index in [0.29, 0.717) is 39.8 Å². The van der Waals surface area contributed by atoms with Crippen molar-refractivity contribution in [3.63, 3.8) is 0 Å². The Morgan fingerprint density at radius 1 is 1.08 bits per heavy atom. The van der Waals surface area contributed by atoms with E-state index in [-0.39, 0.29) is 11.7 Å². The zero-order valence-electron chi connectivity index (χ0n) is 14.6. The van der Waals surface area contributed by atoms with Crippen molar-refractivity contribution in [2.75, 3.05) is 27.2 Å². The van der Waals surface area contributed by atoms with Crippen molar-refractivity contribution >= 4 is 22.6 Å². The van der Waals surface area contributed by atoms with Crippen LogP contribution in [0.5, 0.6) is 0 Å². The van der Waals surface area contributed by atoms with E-state index in [1.807, 2.05) is 37.2 Å². The molecule has 1 amide bonds. The number of carbonyl (C=O) groups excluding carboxylic acids is 2. The number of likely N-dealkylation sites (N-methyl/N-ethyl adjacent to an activating group) is 1. The van der Waals surface area contributed by atoms with E-state index in [1.54, 1.807) is 24.3 Å². The molecule has 0 bridgehead atoms. The molecule has 1 aromatic heterocycles. The van der Waals surface area contributed by atoms with Crippen LogP contribution in [-0.2, 0) is 0 Å². The van der Waals surface area contributed by atoms with E-state index in [1.165, 1.54) is 0 Å². The van der Waals surface area contributed by atoms with Gasteiger partial charge in [0, 0.05) is 35.2 Å². The molecule has 0 aliphatic heterocycles. The Morgan fingerprint density at radius 3 is 2.62 bits per heavy atom. The number of rotatable bonds is 4. The number of hydrogen-bond acceptors (Lipinski definition) is 5. The predicted molar refractivity (Wildman–Crippen MR) is 99.3 cm³/mol. The summed E-state index contributed by atoms with van der Waals surface area (Å²) in [6, 6.07) is 12.6. The molecule has 1 N–H and O–H groups in total. The third-order valence-electron chi connectivity index (χ3n) is 4.52. The standard InChI is InChI=1S/C20H18N4O2/c1-24(2)10-9-21-20(26)12-7-8-16-15(11-12)17-18(23-22-16)13-5-3-4-6-14(13)19(17)25/h3-8,11H,9-10H2,1-2H3,(H,21,26). The van der Waals surface area contributed by atoms with Crippen molar-refractivity contribution in [3.8, 4) is 11.3 Å². The van der Waals surface area contributed by atoms with Gasteiger partial charge in [-0.3, -0.25) is 9.59 Å². The number of amides is 1. The van der Waals surface area contributed by atoms with Gasteiger partial charge in [-0.25, -0.2) is 0 Å². The predicted octanol–water partition coefficient (Wildman–Crippen LogP) is 2.13. The molecule has 0 atom stereocenters. The molecule has 130 valence electrons. The molecular formula is C20H18N4O2. The third kappa shape index (κ3) is 2.64. The maximum absolute atomic E-state index is 12.9. The van der Waals surface area contributed by atoms with Crippen molar-refractivity contribution in [1.29, 1.82) is 0 Å². The molecule has 6 nitrogen and oxygen atoms in total. The van der Waals surface area contributed by atoms with Crippen molar-refractivity contribution in [2.45, 2.75) is 0 Å². The highest BCUT2D eigenvalue weighted by atomic mass is 16.1. The second-order valence-corrected chi connectivity index (χ2v) is 6.59. The zero-order chi connectivity index (χ0) is 18.3. The largest absolute Gasteiger partial charge is 0.351 e. The lowest BCUT2D eigenvalue weighted by molar-refractivity contribution is 0.0950. The summed E-state index contributed by atoms with van der Waals surface area (Å²) in [5.41, 5.74) is 3.65. The van der Waals surface area contributed by atoms with Gasteiger partial charge in [0.05, 0.1) is 11.1 Å². The highest BCUT2D eigenvalue weighted by Gasteiger charge is 2.30. The van der Waals surface area contributed by atoms with E-state index in [9.17, 15) is 9.59 Å². The molecule has 1 heterocycles. The van der Waals surface area contributed by atoms with Gasteiger partial charge >= 0.3 is 0 Å². The van der Waals surface area contributed by atoms with E-state index in [2.05, 4.69) is 15.5 Å². The lowest BCUT2D eigenvalue weighted by atomic mass is 10.0. The number of benzene rings is 2. The number of nitrogens with zero attached hydrogens (tertiary/aromatic N) is 3. The van der Waals surface area contributed by atoms with Gasteiger partial charge in [-0.2, -0.15) is 0 Å². The Morgan fingerprint density at radius 2 is 1.85 bits per heavy atom. The first-order chi connectivity index (χ1) is 12.6. The van der Waals surface area contributed by atoms with Gasteiger partial charge in [0.1, 0.15) is 5.69 Å². The molecule has 6 heteroatoms. The maximum Gasteiger partial charge on any atom is 0.251 e. The van der Waals surface area contributed by atoms with Crippen LogP contribution in [0.2, 0.25) is 0 Å².